The number of aromatic nitrogens is 4. The molecule has 0 bridgehead atoms. The molecule has 2 heterocycles. The molecule has 0 fully saturated rings. The number of hydrogen-bond donors (Lipinski definition) is 2. The van der Waals surface area contributed by atoms with Gasteiger partial charge in [-0.3, -0.25) is 10.1 Å². The number of rotatable bonds is 8. The van der Waals surface area contributed by atoms with Gasteiger partial charge < -0.3 is 15.0 Å². The molecule has 6 rings (SSSR count). The first-order valence-corrected chi connectivity index (χ1v) is 12.2. The first-order valence-electron chi connectivity index (χ1n) is 12.2. The summed E-state index contributed by atoms with van der Waals surface area (Å²) in [6, 6.07) is 36.1. The van der Waals surface area contributed by atoms with E-state index in [0.29, 0.717) is 22.9 Å². The summed E-state index contributed by atoms with van der Waals surface area (Å²) in [6.45, 7) is 0. The lowest BCUT2D eigenvalue weighted by Crippen LogP contribution is -2.38. The van der Waals surface area contributed by atoms with Gasteiger partial charge in [0.25, 0.3) is 11.6 Å². The first kappa shape index (κ1) is 23.8. The molecule has 0 aliphatic heterocycles. The van der Waals surface area contributed by atoms with Crippen LogP contribution in [0.2, 0.25) is 0 Å². The molecular formula is C30H22N6O3. The van der Waals surface area contributed by atoms with Crippen molar-refractivity contribution in [3.63, 3.8) is 0 Å². The number of fused-ring (bicyclic) bond motifs is 1. The second kappa shape index (κ2) is 10.1. The SMILES string of the molecule is O=[N+]([O-])c1ccc(Oc2nc(NC(c3ccccc3)(c3ccccc3)c3ccccc3)nc3nc[nH]c23)cc1. The molecule has 9 heteroatoms. The minimum Gasteiger partial charge on any atom is -0.437 e. The Morgan fingerprint density at radius 2 is 1.28 bits per heavy atom. The van der Waals surface area contributed by atoms with Crippen molar-refractivity contribution < 1.29 is 9.66 Å². The monoisotopic (exact) mass is 514 g/mol. The summed E-state index contributed by atoms with van der Waals surface area (Å²) in [4.78, 5) is 27.4. The zero-order valence-electron chi connectivity index (χ0n) is 20.6. The van der Waals surface area contributed by atoms with Gasteiger partial charge in [-0.2, -0.15) is 9.97 Å². The van der Waals surface area contributed by atoms with Crippen molar-refractivity contribution in [2.24, 2.45) is 0 Å². The van der Waals surface area contributed by atoms with Crippen LogP contribution in [0.5, 0.6) is 11.6 Å². The normalized spacial score (nSPS) is 11.3. The van der Waals surface area contributed by atoms with Crippen LogP contribution in [-0.2, 0) is 5.54 Å². The largest absolute Gasteiger partial charge is 0.437 e. The van der Waals surface area contributed by atoms with Crippen LogP contribution in [0.3, 0.4) is 0 Å². The van der Waals surface area contributed by atoms with Crippen LogP contribution in [0.15, 0.2) is 122 Å². The molecule has 9 nitrogen and oxygen atoms in total. The molecule has 2 aromatic heterocycles. The number of anilines is 1. The highest BCUT2D eigenvalue weighted by Gasteiger charge is 2.37. The Kier molecular flexibility index (Phi) is 6.14. The summed E-state index contributed by atoms with van der Waals surface area (Å²) in [6.07, 6.45) is 1.52. The highest BCUT2D eigenvalue weighted by atomic mass is 16.6. The highest BCUT2D eigenvalue weighted by Crippen LogP contribution is 2.40. The highest BCUT2D eigenvalue weighted by molar-refractivity contribution is 5.77. The van der Waals surface area contributed by atoms with Gasteiger partial charge in [0.1, 0.15) is 16.8 Å². The van der Waals surface area contributed by atoms with E-state index in [1.807, 2.05) is 54.6 Å². The van der Waals surface area contributed by atoms with Gasteiger partial charge in [0.2, 0.25) is 5.95 Å². The lowest BCUT2D eigenvalue weighted by molar-refractivity contribution is -0.384. The molecule has 2 N–H and O–H groups in total. The molecule has 39 heavy (non-hydrogen) atoms. The molecule has 0 radical (unpaired) electrons. The van der Waals surface area contributed by atoms with Crippen LogP contribution in [0, 0.1) is 10.1 Å². The number of aromatic amines is 1. The second-order valence-electron chi connectivity index (χ2n) is 8.78. The van der Waals surface area contributed by atoms with Gasteiger partial charge in [-0.25, -0.2) is 4.98 Å². The molecule has 0 atom stereocenters. The van der Waals surface area contributed by atoms with Crippen molar-refractivity contribution in [3.8, 4) is 11.6 Å². The van der Waals surface area contributed by atoms with E-state index in [0.717, 1.165) is 16.7 Å². The summed E-state index contributed by atoms with van der Waals surface area (Å²) < 4.78 is 6.07. The number of hydrogen-bond acceptors (Lipinski definition) is 7. The van der Waals surface area contributed by atoms with Crippen LogP contribution >= 0.6 is 0 Å². The molecule has 0 amide bonds. The molecule has 4 aromatic carbocycles. The summed E-state index contributed by atoms with van der Waals surface area (Å²) in [7, 11) is 0. The first-order chi connectivity index (χ1) is 19.1. The number of nitro groups is 1. The average molecular weight is 515 g/mol. The standard InChI is InChI=1S/C30H22N6O3/c37-36(38)24-16-18-25(19-17-24)39-28-26-27(32-20-31-26)33-29(34-28)35-30(21-10-4-1-5-11-21,22-12-6-2-7-13-22)23-14-8-3-9-15-23/h1-20H,(H2,31,32,33,34,35). The van der Waals surface area contributed by atoms with Crippen LogP contribution < -0.4 is 10.1 Å². The van der Waals surface area contributed by atoms with E-state index in [4.69, 9.17) is 14.7 Å². The number of ether oxygens (including phenoxy) is 1. The maximum absolute atomic E-state index is 11.1. The Balaban J connectivity index is 1.50. The fourth-order valence-corrected chi connectivity index (χ4v) is 4.63. The number of nitrogens with zero attached hydrogens (tertiary/aromatic N) is 4. The van der Waals surface area contributed by atoms with Crippen molar-refractivity contribution >= 4 is 22.8 Å². The Morgan fingerprint density at radius 1 is 0.744 bits per heavy atom. The maximum atomic E-state index is 11.1. The zero-order chi connectivity index (χ0) is 26.7. The zero-order valence-corrected chi connectivity index (χ0v) is 20.6. The Bertz CT molecular complexity index is 1630. The van der Waals surface area contributed by atoms with Crippen LogP contribution in [-0.4, -0.2) is 24.9 Å². The fourth-order valence-electron chi connectivity index (χ4n) is 4.63. The average Bonchev–Trinajstić information content (AvgIpc) is 3.47. The van der Waals surface area contributed by atoms with Crippen molar-refractivity contribution in [2.45, 2.75) is 5.54 Å². The van der Waals surface area contributed by atoms with Gasteiger partial charge in [0, 0.05) is 12.1 Å². The van der Waals surface area contributed by atoms with Crippen molar-refractivity contribution in [1.82, 2.24) is 19.9 Å². The lowest BCUT2D eigenvalue weighted by atomic mass is 9.77. The number of nitrogens with one attached hydrogen (secondary N) is 2. The van der Waals surface area contributed by atoms with E-state index in [1.54, 1.807) is 0 Å². The van der Waals surface area contributed by atoms with E-state index in [-0.39, 0.29) is 11.6 Å². The van der Waals surface area contributed by atoms with Crippen LogP contribution in [0.4, 0.5) is 11.6 Å². The third kappa shape index (κ3) is 4.53. The van der Waals surface area contributed by atoms with E-state index < -0.39 is 10.5 Å². The fraction of sp³-hybridized carbons (Fsp3) is 0.0333. The molecule has 0 saturated heterocycles. The van der Waals surface area contributed by atoms with Gasteiger partial charge in [-0.05, 0) is 28.8 Å². The number of non-ortho nitro benzene ring substituents is 1. The molecule has 190 valence electrons. The lowest BCUT2D eigenvalue weighted by Gasteiger charge is -2.36. The van der Waals surface area contributed by atoms with E-state index in [9.17, 15) is 10.1 Å². The number of imidazole rings is 1. The smallest absolute Gasteiger partial charge is 0.269 e. The third-order valence-electron chi connectivity index (χ3n) is 6.43. The predicted octanol–water partition coefficient (Wildman–Crippen LogP) is 6.46. The maximum Gasteiger partial charge on any atom is 0.269 e. The van der Waals surface area contributed by atoms with Gasteiger partial charge in [-0.15, -0.1) is 0 Å². The molecule has 0 aliphatic carbocycles. The molecule has 0 spiro atoms. The van der Waals surface area contributed by atoms with Gasteiger partial charge >= 0.3 is 0 Å². The molecular weight excluding hydrogens is 492 g/mol. The molecule has 0 saturated carbocycles. The Labute approximate surface area is 223 Å². The molecule has 6 aromatic rings. The van der Waals surface area contributed by atoms with E-state index in [1.165, 1.54) is 30.6 Å². The Morgan fingerprint density at radius 3 is 1.79 bits per heavy atom. The number of benzene rings is 4. The summed E-state index contributed by atoms with van der Waals surface area (Å²) in [5.74, 6) is 0.918. The molecule has 0 unspecified atom stereocenters. The second-order valence-corrected chi connectivity index (χ2v) is 8.78. The predicted molar refractivity (Wildman–Crippen MR) is 148 cm³/mol. The van der Waals surface area contributed by atoms with Gasteiger partial charge in [0.15, 0.2) is 5.65 Å². The Hall–Kier alpha value is -5.57. The minimum absolute atomic E-state index is 0.0301. The van der Waals surface area contributed by atoms with Crippen molar-refractivity contribution in [2.75, 3.05) is 5.32 Å². The summed E-state index contributed by atoms with van der Waals surface area (Å²) in [5.41, 5.74) is 3.01. The summed E-state index contributed by atoms with van der Waals surface area (Å²) in [5, 5.41) is 14.7. The van der Waals surface area contributed by atoms with Gasteiger partial charge in [0.05, 0.1) is 11.3 Å². The quantitative estimate of drug-likeness (QED) is 0.136. The number of nitro benzene ring substituents is 1. The molecule has 0 aliphatic rings. The summed E-state index contributed by atoms with van der Waals surface area (Å²) >= 11 is 0. The van der Waals surface area contributed by atoms with E-state index >= 15 is 0 Å². The topological polar surface area (TPSA) is 119 Å². The van der Waals surface area contributed by atoms with E-state index in [2.05, 4.69) is 51.7 Å². The minimum atomic E-state index is -0.849. The van der Waals surface area contributed by atoms with Gasteiger partial charge in [-0.1, -0.05) is 91.0 Å². The number of H-pyrrole nitrogens is 1. The van der Waals surface area contributed by atoms with Crippen molar-refractivity contribution in [3.05, 3.63) is 148 Å². The van der Waals surface area contributed by atoms with Crippen LogP contribution in [0.1, 0.15) is 16.7 Å². The van der Waals surface area contributed by atoms with Crippen LogP contribution in [0.25, 0.3) is 11.2 Å². The van der Waals surface area contributed by atoms with Crippen molar-refractivity contribution in [1.29, 1.82) is 0 Å². The third-order valence-corrected chi connectivity index (χ3v) is 6.43.